The number of halogens is 4. The van der Waals surface area contributed by atoms with Gasteiger partial charge in [-0.3, -0.25) is 9.59 Å². The van der Waals surface area contributed by atoms with E-state index in [4.69, 9.17) is 5.11 Å². The summed E-state index contributed by atoms with van der Waals surface area (Å²) in [5.74, 6) is -2.59. The molecule has 1 aromatic rings. The molecule has 0 bridgehead atoms. The number of nitrogens with one attached hydrogen (secondary N) is 1. The summed E-state index contributed by atoms with van der Waals surface area (Å²) in [5.41, 5.74) is -1.53. The second-order valence-corrected chi connectivity index (χ2v) is 5.39. The number of carboxylic acids is 1. The molecule has 1 amide bonds. The molecule has 1 unspecified atom stereocenters. The zero-order chi connectivity index (χ0) is 16.2. The van der Waals surface area contributed by atoms with Crippen LogP contribution in [-0.2, 0) is 11.0 Å². The second kappa shape index (κ2) is 6.93. The maximum atomic E-state index is 12.9. The molecule has 0 fully saturated rings. The van der Waals surface area contributed by atoms with E-state index < -0.39 is 35.1 Å². The molecule has 0 aliphatic rings. The fourth-order valence-corrected chi connectivity index (χ4v) is 1.93. The number of alkyl halides is 3. The van der Waals surface area contributed by atoms with Crippen molar-refractivity contribution in [3.63, 3.8) is 0 Å². The normalized spacial score (nSPS) is 12.8. The standard InChI is InChI=1S/C13H13BrF3NO3/c1-7(12(20)21)4-5-18-11(19)9-3-2-8(14)6-10(9)13(15,16)17/h2-3,6-7H,4-5H2,1H3,(H,18,19)(H,20,21). The number of benzene rings is 1. The molecule has 1 rings (SSSR count). The molecule has 2 N–H and O–H groups in total. The van der Waals surface area contributed by atoms with Crippen molar-refractivity contribution in [3.8, 4) is 0 Å². The lowest BCUT2D eigenvalue weighted by molar-refractivity contribution is -0.141. The molecular formula is C13H13BrF3NO3. The van der Waals surface area contributed by atoms with Crippen LogP contribution in [0.1, 0.15) is 29.3 Å². The first kappa shape index (κ1) is 17.5. The third-order valence-electron chi connectivity index (χ3n) is 2.82. The van der Waals surface area contributed by atoms with Crippen LogP contribution in [0, 0.1) is 5.92 Å². The molecule has 4 nitrogen and oxygen atoms in total. The molecule has 1 atom stereocenters. The number of hydrogen-bond acceptors (Lipinski definition) is 2. The van der Waals surface area contributed by atoms with Crippen molar-refractivity contribution in [2.75, 3.05) is 6.54 Å². The van der Waals surface area contributed by atoms with Crippen LogP contribution in [0.25, 0.3) is 0 Å². The predicted octanol–water partition coefficient (Wildman–Crippen LogP) is 3.31. The average molecular weight is 368 g/mol. The summed E-state index contributed by atoms with van der Waals surface area (Å²) in [6, 6.07) is 3.24. The zero-order valence-corrected chi connectivity index (χ0v) is 12.6. The lowest BCUT2D eigenvalue weighted by Crippen LogP contribution is -2.29. The first-order chi connectivity index (χ1) is 9.62. The van der Waals surface area contributed by atoms with Crippen molar-refractivity contribution in [1.29, 1.82) is 0 Å². The maximum absolute atomic E-state index is 12.9. The van der Waals surface area contributed by atoms with Gasteiger partial charge in [0.2, 0.25) is 0 Å². The lowest BCUT2D eigenvalue weighted by Gasteiger charge is -2.14. The summed E-state index contributed by atoms with van der Waals surface area (Å²) in [6.07, 6.45) is -4.51. The van der Waals surface area contributed by atoms with Gasteiger partial charge in [0.1, 0.15) is 0 Å². The van der Waals surface area contributed by atoms with Gasteiger partial charge in [-0.05, 0) is 24.6 Å². The van der Waals surface area contributed by atoms with E-state index >= 15 is 0 Å². The highest BCUT2D eigenvalue weighted by molar-refractivity contribution is 9.10. The lowest BCUT2D eigenvalue weighted by atomic mass is 10.1. The number of hydrogen-bond donors (Lipinski definition) is 2. The maximum Gasteiger partial charge on any atom is 0.417 e. The number of rotatable bonds is 5. The van der Waals surface area contributed by atoms with E-state index in [9.17, 15) is 22.8 Å². The summed E-state index contributed by atoms with van der Waals surface area (Å²) in [7, 11) is 0. The Bertz CT molecular complexity index is 546. The third kappa shape index (κ3) is 5.04. The Labute approximate surface area is 127 Å². The monoisotopic (exact) mass is 367 g/mol. The molecule has 0 aromatic heterocycles. The Morgan fingerprint density at radius 3 is 2.52 bits per heavy atom. The minimum absolute atomic E-state index is 0.0142. The van der Waals surface area contributed by atoms with Crippen molar-refractivity contribution in [1.82, 2.24) is 5.32 Å². The Morgan fingerprint density at radius 2 is 2.00 bits per heavy atom. The molecule has 21 heavy (non-hydrogen) atoms. The smallest absolute Gasteiger partial charge is 0.417 e. The van der Waals surface area contributed by atoms with Gasteiger partial charge in [-0.15, -0.1) is 0 Å². The van der Waals surface area contributed by atoms with Crippen molar-refractivity contribution in [2.45, 2.75) is 19.5 Å². The summed E-state index contributed by atoms with van der Waals surface area (Å²) in [4.78, 5) is 22.4. The fraction of sp³-hybridized carbons (Fsp3) is 0.385. The zero-order valence-electron chi connectivity index (χ0n) is 11.0. The van der Waals surface area contributed by atoms with E-state index in [0.717, 1.165) is 12.1 Å². The van der Waals surface area contributed by atoms with E-state index in [1.54, 1.807) is 0 Å². The van der Waals surface area contributed by atoms with Crippen LogP contribution in [0.4, 0.5) is 13.2 Å². The van der Waals surface area contributed by atoms with Gasteiger partial charge in [0.15, 0.2) is 0 Å². The van der Waals surface area contributed by atoms with Gasteiger partial charge in [0.05, 0.1) is 17.0 Å². The molecule has 0 saturated carbocycles. The van der Waals surface area contributed by atoms with Crippen LogP contribution < -0.4 is 5.32 Å². The van der Waals surface area contributed by atoms with Gasteiger partial charge in [0.25, 0.3) is 5.91 Å². The number of carbonyl (C=O) groups is 2. The topological polar surface area (TPSA) is 66.4 Å². The number of amides is 1. The third-order valence-corrected chi connectivity index (χ3v) is 3.31. The van der Waals surface area contributed by atoms with Gasteiger partial charge in [-0.25, -0.2) is 0 Å². The molecular weight excluding hydrogens is 355 g/mol. The molecule has 0 spiro atoms. The van der Waals surface area contributed by atoms with E-state index in [1.165, 1.54) is 13.0 Å². The van der Waals surface area contributed by atoms with Crippen molar-refractivity contribution >= 4 is 27.8 Å². The van der Waals surface area contributed by atoms with E-state index in [2.05, 4.69) is 21.2 Å². The molecule has 8 heteroatoms. The number of carbonyl (C=O) groups excluding carboxylic acids is 1. The average Bonchev–Trinajstić information content (AvgIpc) is 2.37. The van der Waals surface area contributed by atoms with Crippen LogP contribution in [0.15, 0.2) is 22.7 Å². The minimum Gasteiger partial charge on any atom is -0.481 e. The largest absolute Gasteiger partial charge is 0.481 e. The Kier molecular flexibility index (Phi) is 5.77. The van der Waals surface area contributed by atoms with Gasteiger partial charge in [-0.2, -0.15) is 13.2 Å². The van der Waals surface area contributed by atoms with Crippen LogP contribution in [0.2, 0.25) is 0 Å². The molecule has 0 aliphatic heterocycles. The van der Waals surface area contributed by atoms with Crippen LogP contribution in [0.3, 0.4) is 0 Å². The Hall–Kier alpha value is -1.57. The van der Waals surface area contributed by atoms with E-state index in [-0.39, 0.29) is 17.4 Å². The summed E-state index contributed by atoms with van der Waals surface area (Å²) in [5, 5.41) is 11.0. The van der Waals surface area contributed by atoms with Crippen LogP contribution >= 0.6 is 15.9 Å². The summed E-state index contributed by atoms with van der Waals surface area (Å²) < 4.78 is 38.8. The van der Waals surface area contributed by atoms with E-state index in [1.807, 2.05) is 0 Å². The molecule has 0 heterocycles. The minimum atomic E-state index is -4.65. The molecule has 0 radical (unpaired) electrons. The van der Waals surface area contributed by atoms with Gasteiger partial charge in [0, 0.05) is 11.0 Å². The van der Waals surface area contributed by atoms with Crippen LogP contribution in [0.5, 0.6) is 0 Å². The highest BCUT2D eigenvalue weighted by atomic mass is 79.9. The molecule has 116 valence electrons. The van der Waals surface area contributed by atoms with Crippen molar-refractivity contribution in [3.05, 3.63) is 33.8 Å². The summed E-state index contributed by atoms with van der Waals surface area (Å²) >= 11 is 2.93. The van der Waals surface area contributed by atoms with Crippen LogP contribution in [-0.4, -0.2) is 23.5 Å². The highest BCUT2D eigenvalue weighted by Gasteiger charge is 2.35. The second-order valence-electron chi connectivity index (χ2n) is 4.47. The quantitative estimate of drug-likeness (QED) is 0.838. The highest BCUT2D eigenvalue weighted by Crippen LogP contribution is 2.33. The number of carboxylic acid groups (broad SMARTS) is 1. The van der Waals surface area contributed by atoms with Gasteiger partial charge >= 0.3 is 12.1 Å². The molecule has 0 saturated heterocycles. The van der Waals surface area contributed by atoms with Crippen molar-refractivity contribution in [2.24, 2.45) is 5.92 Å². The first-order valence-electron chi connectivity index (χ1n) is 6.00. The van der Waals surface area contributed by atoms with Crippen molar-refractivity contribution < 1.29 is 27.9 Å². The Balaban J connectivity index is 2.81. The number of aliphatic carboxylic acids is 1. The van der Waals surface area contributed by atoms with Gasteiger partial charge in [-0.1, -0.05) is 22.9 Å². The van der Waals surface area contributed by atoms with E-state index in [0.29, 0.717) is 0 Å². The molecule has 1 aromatic carbocycles. The first-order valence-corrected chi connectivity index (χ1v) is 6.80. The SMILES string of the molecule is CC(CCNC(=O)c1ccc(Br)cc1C(F)(F)F)C(=O)O. The molecule has 0 aliphatic carbocycles. The summed E-state index contributed by atoms with van der Waals surface area (Å²) in [6.45, 7) is 1.44. The predicted molar refractivity (Wildman–Crippen MR) is 72.9 cm³/mol. The Morgan fingerprint density at radius 1 is 1.38 bits per heavy atom. The van der Waals surface area contributed by atoms with Gasteiger partial charge < -0.3 is 10.4 Å². The fourth-order valence-electron chi connectivity index (χ4n) is 1.57.